The Hall–Kier alpha value is -3.28. The number of carbonyl (C=O) groups is 1. The molecule has 1 aromatic heterocycles. The second-order valence-electron chi connectivity index (χ2n) is 5.53. The van der Waals surface area contributed by atoms with Gasteiger partial charge in [0.1, 0.15) is 17.5 Å². The van der Waals surface area contributed by atoms with Gasteiger partial charge in [-0.3, -0.25) is 0 Å². The predicted molar refractivity (Wildman–Crippen MR) is 92.3 cm³/mol. The Labute approximate surface area is 145 Å². The maximum absolute atomic E-state index is 10.5. The van der Waals surface area contributed by atoms with Crippen LogP contribution in [0.1, 0.15) is 24.4 Å². The number of benzene rings is 2. The summed E-state index contributed by atoms with van der Waals surface area (Å²) in [6, 6.07) is 19.2. The molecular weight excluding hydrogens is 320 g/mol. The van der Waals surface area contributed by atoms with Gasteiger partial charge in [-0.1, -0.05) is 35.5 Å². The Morgan fingerprint density at radius 1 is 1.20 bits per heavy atom. The van der Waals surface area contributed by atoms with Crippen LogP contribution < -0.4 is 10.1 Å². The van der Waals surface area contributed by atoms with Crippen LogP contribution >= 0.6 is 0 Å². The number of ether oxygens (including phenoxy) is 1. The van der Waals surface area contributed by atoms with Crippen LogP contribution in [0.2, 0.25) is 0 Å². The normalized spacial score (nSPS) is 11.7. The second kappa shape index (κ2) is 7.53. The molecule has 6 nitrogen and oxygen atoms in total. The molecule has 0 saturated carbocycles. The molecule has 1 unspecified atom stereocenters. The molecule has 128 valence electrons. The van der Waals surface area contributed by atoms with Gasteiger partial charge in [-0.2, -0.15) is 0 Å². The van der Waals surface area contributed by atoms with Gasteiger partial charge in [0.25, 0.3) is 0 Å². The molecule has 0 aliphatic carbocycles. The van der Waals surface area contributed by atoms with E-state index >= 15 is 0 Å². The lowest BCUT2D eigenvalue weighted by Crippen LogP contribution is -2.19. The van der Waals surface area contributed by atoms with Crippen LogP contribution in [0.3, 0.4) is 0 Å². The Balaban J connectivity index is 1.65. The van der Waals surface area contributed by atoms with Crippen molar-refractivity contribution in [1.29, 1.82) is 0 Å². The van der Waals surface area contributed by atoms with E-state index in [0.717, 1.165) is 16.9 Å². The number of amides is 1. The standard InChI is InChI=1S/C19H18N2O4/c1-13(14-5-3-2-4-6-14)24-16-9-7-15(8-10-16)18-11-17(25-21-18)12-20-19(22)23/h2-11,13,20H,12H2,1H3,(H,22,23). The highest BCUT2D eigenvalue weighted by atomic mass is 16.5. The maximum Gasteiger partial charge on any atom is 0.405 e. The maximum atomic E-state index is 10.5. The number of hydrogen-bond acceptors (Lipinski definition) is 4. The van der Waals surface area contributed by atoms with Crippen LogP contribution in [0.15, 0.2) is 65.2 Å². The van der Waals surface area contributed by atoms with Crippen molar-refractivity contribution in [2.24, 2.45) is 0 Å². The minimum Gasteiger partial charge on any atom is -0.486 e. The molecule has 0 radical (unpaired) electrons. The third-order valence-electron chi connectivity index (χ3n) is 3.70. The molecule has 25 heavy (non-hydrogen) atoms. The SMILES string of the molecule is CC(Oc1ccc(-c2cc(CNC(=O)O)on2)cc1)c1ccccc1. The first kappa shape index (κ1) is 16.6. The molecule has 0 bridgehead atoms. The van der Waals surface area contributed by atoms with Crippen LogP contribution in [0.25, 0.3) is 11.3 Å². The van der Waals surface area contributed by atoms with Crippen molar-refractivity contribution < 1.29 is 19.2 Å². The summed E-state index contributed by atoms with van der Waals surface area (Å²) in [6.45, 7) is 2.08. The lowest BCUT2D eigenvalue weighted by molar-refractivity contribution is 0.192. The zero-order chi connectivity index (χ0) is 17.6. The van der Waals surface area contributed by atoms with Crippen LogP contribution in [-0.4, -0.2) is 16.4 Å². The lowest BCUT2D eigenvalue weighted by atomic mass is 10.1. The molecule has 6 heteroatoms. The van der Waals surface area contributed by atoms with Crippen molar-refractivity contribution in [3.63, 3.8) is 0 Å². The molecule has 1 atom stereocenters. The van der Waals surface area contributed by atoms with Crippen molar-refractivity contribution in [1.82, 2.24) is 10.5 Å². The van der Waals surface area contributed by atoms with E-state index in [1.807, 2.05) is 61.5 Å². The van der Waals surface area contributed by atoms with Gasteiger partial charge >= 0.3 is 6.09 Å². The summed E-state index contributed by atoms with van der Waals surface area (Å²) < 4.78 is 11.1. The first-order chi connectivity index (χ1) is 12.1. The molecule has 0 aliphatic rings. The van der Waals surface area contributed by atoms with Gasteiger partial charge in [0.2, 0.25) is 0 Å². The van der Waals surface area contributed by atoms with Gasteiger partial charge in [-0.15, -0.1) is 0 Å². The molecule has 3 rings (SSSR count). The van der Waals surface area contributed by atoms with E-state index in [0.29, 0.717) is 11.5 Å². The largest absolute Gasteiger partial charge is 0.486 e. The third-order valence-corrected chi connectivity index (χ3v) is 3.70. The summed E-state index contributed by atoms with van der Waals surface area (Å²) in [5.74, 6) is 1.21. The molecule has 1 heterocycles. The lowest BCUT2D eigenvalue weighted by Gasteiger charge is -2.15. The fourth-order valence-corrected chi connectivity index (χ4v) is 2.40. The van der Waals surface area contributed by atoms with Gasteiger partial charge in [0.15, 0.2) is 5.76 Å². The number of hydrogen-bond donors (Lipinski definition) is 2. The van der Waals surface area contributed by atoms with E-state index in [1.54, 1.807) is 6.07 Å². The zero-order valence-electron chi connectivity index (χ0n) is 13.7. The number of aromatic nitrogens is 1. The number of carboxylic acid groups (broad SMARTS) is 1. The van der Waals surface area contributed by atoms with Crippen LogP contribution in [0, 0.1) is 0 Å². The van der Waals surface area contributed by atoms with Gasteiger partial charge in [-0.25, -0.2) is 4.79 Å². The van der Waals surface area contributed by atoms with Gasteiger partial charge in [0, 0.05) is 11.6 Å². The summed E-state index contributed by atoms with van der Waals surface area (Å²) in [5.41, 5.74) is 2.62. The highest BCUT2D eigenvalue weighted by Crippen LogP contribution is 2.25. The van der Waals surface area contributed by atoms with Crippen LogP contribution in [-0.2, 0) is 6.54 Å². The fourth-order valence-electron chi connectivity index (χ4n) is 2.40. The fraction of sp³-hybridized carbons (Fsp3) is 0.158. The van der Waals surface area contributed by atoms with E-state index in [-0.39, 0.29) is 12.6 Å². The average molecular weight is 338 g/mol. The minimum absolute atomic E-state index is 0.0483. The highest BCUT2D eigenvalue weighted by Gasteiger charge is 2.09. The predicted octanol–water partition coefficient (Wildman–Crippen LogP) is 4.25. The Kier molecular flexibility index (Phi) is 4.99. The van der Waals surface area contributed by atoms with E-state index in [4.69, 9.17) is 14.4 Å². The van der Waals surface area contributed by atoms with Crippen molar-refractivity contribution >= 4 is 6.09 Å². The molecule has 0 aliphatic heterocycles. The number of nitrogens with zero attached hydrogens (tertiary/aromatic N) is 1. The first-order valence-electron chi connectivity index (χ1n) is 7.86. The monoisotopic (exact) mass is 338 g/mol. The summed E-state index contributed by atoms with van der Waals surface area (Å²) in [7, 11) is 0. The van der Waals surface area contributed by atoms with Crippen molar-refractivity contribution in [3.05, 3.63) is 72.0 Å². The topological polar surface area (TPSA) is 84.6 Å². The molecule has 2 aromatic carbocycles. The number of nitrogens with one attached hydrogen (secondary N) is 1. The van der Waals surface area contributed by atoms with Crippen LogP contribution in [0.5, 0.6) is 5.75 Å². The summed E-state index contributed by atoms with van der Waals surface area (Å²) in [4.78, 5) is 10.5. The second-order valence-corrected chi connectivity index (χ2v) is 5.53. The Bertz CT molecular complexity index is 828. The summed E-state index contributed by atoms with van der Waals surface area (Å²) >= 11 is 0. The molecule has 0 spiro atoms. The van der Waals surface area contributed by atoms with E-state index in [1.165, 1.54) is 0 Å². The Morgan fingerprint density at radius 3 is 2.60 bits per heavy atom. The quantitative estimate of drug-likeness (QED) is 0.702. The molecule has 2 N–H and O–H groups in total. The molecule has 0 saturated heterocycles. The van der Waals surface area contributed by atoms with E-state index < -0.39 is 6.09 Å². The van der Waals surface area contributed by atoms with Crippen LogP contribution in [0.4, 0.5) is 4.79 Å². The third kappa shape index (κ3) is 4.38. The smallest absolute Gasteiger partial charge is 0.405 e. The zero-order valence-corrected chi connectivity index (χ0v) is 13.7. The van der Waals surface area contributed by atoms with Gasteiger partial charge < -0.3 is 19.7 Å². The average Bonchev–Trinajstić information content (AvgIpc) is 3.10. The Morgan fingerprint density at radius 2 is 1.92 bits per heavy atom. The van der Waals surface area contributed by atoms with Crippen molar-refractivity contribution in [3.8, 4) is 17.0 Å². The molecule has 1 amide bonds. The molecule has 3 aromatic rings. The summed E-state index contributed by atoms with van der Waals surface area (Å²) in [6.07, 6.45) is -1.15. The van der Waals surface area contributed by atoms with E-state index in [9.17, 15) is 4.79 Å². The number of rotatable bonds is 6. The first-order valence-corrected chi connectivity index (χ1v) is 7.86. The van der Waals surface area contributed by atoms with Crippen molar-refractivity contribution in [2.75, 3.05) is 0 Å². The van der Waals surface area contributed by atoms with Gasteiger partial charge in [-0.05, 0) is 36.8 Å². The van der Waals surface area contributed by atoms with E-state index in [2.05, 4.69) is 10.5 Å². The van der Waals surface area contributed by atoms with Gasteiger partial charge in [0.05, 0.1) is 6.54 Å². The van der Waals surface area contributed by atoms with Crippen molar-refractivity contribution in [2.45, 2.75) is 19.6 Å². The molecule has 0 fully saturated rings. The summed E-state index contributed by atoms with van der Waals surface area (Å²) in [5, 5.41) is 14.8. The molecular formula is C19H18N2O4. The minimum atomic E-state index is -1.10. The highest BCUT2D eigenvalue weighted by molar-refractivity contribution is 5.64.